The van der Waals surface area contributed by atoms with E-state index in [0.29, 0.717) is 5.25 Å². The predicted molar refractivity (Wildman–Crippen MR) is 61.8 cm³/mol. The molecule has 0 aliphatic heterocycles. The van der Waals surface area contributed by atoms with E-state index in [1.807, 2.05) is 11.8 Å². The molecule has 2 N–H and O–H groups in total. The Bertz CT molecular complexity index is 237. The zero-order valence-corrected chi connectivity index (χ0v) is 10.1. The second-order valence-corrected chi connectivity index (χ2v) is 6.54. The van der Waals surface area contributed by atoms with E-state index in [0.717, 1.165) is 12.3 Å². The molecule has 1 atom stereocenters. The van der Waals surface area contributed by atoms with E-state index in [4.69, 9.17) is 5.73 Å². The molecule has 0 amide bonds. The number of halogens is 1. The minimum atomic E-state index is 0.561. The summed E-state index contributed by atoms with van der Waals surface area (Å²) in [6.07, 6.45) is 0. The average molecular weight is 266 g/mol. The first kappa shape index (κ1) is 10.6. The number of nitrogens with two attached hydrogens (primary N) is 1. The lowest BCUT2D eigenvalue weighted by Crippen LogP contribution is -2.12. The van der Waals surface area contributed by atoms with Gasteiger partial charge in [0.1, 0.15) is 0 Å². The SMILES string of the molecule is CC(CN)SCc1ccc(Br)s1. The zero-order valence-electron chi connectivity index (χ0n) is 6.92. The molecule has 0 fully saturated rings. The molecule has 68 valence electrons. The van der Waals surface area contributed by atoms with Crippen LogP contribution in [-0.2, 0) is 5.75 Å². The predicted octanol–water partition coefficient (Wildman–Crippen LogP) is 3.09. The maximum absolute atomic E-state index is 5.51. The van der Waals surface area contributed by atoms with Gasteiger partial charge in [0.15, 0.2) is 0 Å². The number of hydrogen-bond donors (Lipinski definition) is 1. The number of rotatable bonds is 4. The molecule has 0 spiro atoms. The van der Waals surface area contributed by atoms with E-state index in [-0.39, 0.29) is 0 Å². The van der Waals surface area contributed by atoms with Crippen LogP contribution in [0.4, 0.5) is 0 Å². The number of thioether (sulfide) groups is 1. The van der Waals surface area contributed by atoms with E-state index in [1.54, 1.807) is 11.3 Å². The lowest BCUT2D eigenvalue weighted by Gasteiger charge is -2.05. The summed E-state index contributed by atoms with van der Waals surface area (Å²) in [5.74, 6) is 1.08. The Hall–Kier alpha value is 0.490. The minimum Gasteiger partial charge on any atom is -0.329 e. The summed E-state index contributed by atoms with van der Waals surface area (Å²) in [5.41, 5.74) is 5.51. The molecule has 0 aliphatic carbocycles. The van der Waals surface area contributed by atoms with Gasteiger partial charge in [-0.05, 0) is 28.1 Å². The molecule has 0 radical (unpaired) electrons. The summed E-state index contributed by atoms with van der Waals surface area (Å²) >= 11 is 7.14. The van der Waals surface area contributed by atoms with Crippen molar-refractivity contribution in [1.82, 2.24) is 0 Å². The van der Waals surface area contributed by atoms with Gasteiger partial charge >= 0.3 is 0 Å². The van der Waals surface area contributed by atoms with Crippen LogP contribution in [0.5, 0.6) is 0 Å². The van der Waals surface area contributed by atoms with E-state index in [2.05, 4.69) is 35.0 Å². The maximum atomic E-state index is 5.51. The summed E-state index contributed by atoms with van der Waals surface area (Å²) in [7, 11) is 0. The van der Waals surface area contributed by atoms with Gasteiger partial charge < -0.3 is 5.73 Å². The highest BCUT2D eigenvalue weighted by Gasteiger charge is 2.02. The van der Waals surface area contributed by atoms with Crippen LogP contribution < -0.4 is 5.73 Å². The first-order valence-electron chi connectivity index (χ1n) is 3.78. The van der Waals surface area contributed by atoms with Gasteiger partial charge in [-0.3, -0.25) is 0 Å². The second kappa shape index (κ2) is 5.27. The molecule has 0 saturated heterocycles. The Morgan fingerprint density at radius 2 is 2.42 bits per heavy atom. The Morgan fingerprint density at radius 3 is 2.92 bits per heavy atom. The van der Waals surface area contributed by atoms with Crippen LogP contribution in [0, 0.1) is 0 Å². The lowest BCUT2D eigenvalue weighted by molar-refractivity contribution is 0.951. The van der Waals surface area contributed by atoms with Crippen LogP contribution in [-0.4, -0.2) is 11.8 Å². The van der Waals surface area contributed by atoms with Crippen molar-refractivity contribution in [1.29, 1.82) is 0 Å². The molecule has 12 heavy (non-hydrogen) atoms. The van der Waals surface area contributed by atoms with E-state index in [9.17, 15) is 0 Å². The van der Waals surface area contributed by atoms with Crippen molar-refractivity contribution in [2.75, 3.05) is 6.54 Å². The molecule has 4 heteroatoms. The third-order valence-corrected chi connectivity index (χ3v) is 4.52. The highest BCUT2D eigenvalue weighted by atomic mass is 79.9. The van der Waals surface area contributed by atoms with Crippen molar-refractivity contribution in [3.63, 3.8) is 0 Å². The first-order valence-corrected chi connectivity index (χ1v) is 6.44. The standard InChI is InChI=1S/C8H12BrNS2/c1-6(4-10)11-5-7-2-3-8(9)12-7/h2-3,6H,4-5,10H2,1H3. The van der Waals surface area contributed by atoms with Crippen LogP contribution in [0.15, 0.2) is 15.9 Å². The Labute approximate surface area is 89.9 Å². The molecule has 0 bridgehead atoms. The highest BCUT2D eigenvalue weighted by Crippen LogP contribution is 2.26. The lowest BCUT2D eigenvalue weighted by atomic mass is 10.5. The second-order valence-electron chi connectivity index (χ2n) is 2.56. The number of thiophene rings is 1. The van der Waals surface area contributed by atoms with E-state index >= 15 is 0 Å². The van der Waals surface area contributed by atoms with Crippen LogP contribution in [0.1, 0.15) is 11.8 Å². The van der Waals surface area contributed by atoms with Crippen LogP contribution in [0.3, 0.4) is 0 Å². The molecule has 0 aromatic carbocycles. The van der Waals surface area contributed by atoms with Gasteiger partial charge in [0.25, 0.3) is 0 Å². The molecular weight excluding hydrogens is 254 g/mol. The van der Waals surface area contributed by atoms with Crippen LogP contribution >= 0.6 is 39.0 Å². The molecular formula is C8H12BrNS2. The molecule has 1 rings (SSSR count). The van der Waals surface area contributed by atoms with Crippen molar-refractivity contribution in [3.8, 4) is 0 Å². The molecule has 1 aromatic heterocycles. The van der Waals surface area contributed by atoms with Gasteiger partial charge in [-0.2, -0.15) is 11.8 Å². The smallest absolute Gasteiger partial charge is 0.0701 e. The fourth-order valence-electron chi connectivity index (χ4n) is 0.722. The van der Waals surface area contributed by atoms with Crippen molar-refractivity contribution in [3.05, 3.63) is 20.8 Å². The van der Waals surface area contributed by atoms with Crippen LogP contribution in [0.2, 0.25) is 0 Å². The largest absolute Gasteiger partial charge is 0.329 e. The van der Waals surface area contributed by atoms with Crippen LogP contribution in [0.25, 0.3) is 0 Å². The molecule has 0 saturated carbocycles. The Balaban J connectivity index is 2.33. The zero-order chi connectivity index (χ0) is 8.97. The van der Waals surface area contributed by atoms with Crippen molar-refractivity contribution in [2.45, 2.75) is 17.9 Å². The third-order valence-electron chi connectivity index (χ3n) is 1.47. The Morgan fingerprint density at radius 1 is 1.67 bits per heavy atom. The molecule has 1 aromatic rings. The maximum Gasteiger partial charge on any atom is 0.0701 e. The third kappa shape index (κ3) is 3.47. The summed E-state index contributed by atoms with van der Waals surface area (Å²) in [5, 5.41) is 0.561. The van der Waals surface area contributed by atoms with E-state index < -0.39 is 0 Å². The minimum absolute atomic E-state index is 0.561. The van der Waals surface area contributed by atoms with Crippen molar-refractivity contribution < 1.29 is 0 Å². The normalized spacial score (nSPS) is 13.2. The van der Waals surface area contributed by atoms with Gasteiger partial charge in [0.2, 0.25) is 0 Å². The fourth-order valence-corrected chi connectivity index (χ4v) is 3.12. The first-order chi connectivity index (χ1) is 5.72. The molecule has 1 nitrogen and oxygen atoms in total. The fraction of sp³-hybridized carbons (Fsp3) is 0.500. The summed E-state index contributed by atoms with van der Waals surface area (Å²) in [6, 6.07) is 4.25. The van der Waals surface area contributed by atoms with Crippen molar-refractivity contribution in [2.24, 2.45) is 5.73 Å². The van der Waals surface area contributed by atoms with Gasteiger partial charge in [-0.15, -0.1) is 11.3 Å². The molecule has 1 unspecified atom stereocenters. The average Bonchev–Trinajstić information content (AvgIpc) is 2.47. The quantitative estimate of drug-likeness (QED) is 0.906. The molecule has 0 aliphatic rings. The summed E-state index contributed by atoms with van der Waals surface area (Å²) < 4.78 is 1.21. The van der Waals surface area contributed by atoms with Crippen molar-refractivity contribution >= 4 is 39.0 Å². The number of hydrogen-bond acceptors (Lipinski definition) is 3. The van der Waals surface area contributed by atoms with Gasteiger partial charge in [-0.1, -0.05) is 6.92 Å². The molecule has 1 heterocycles. The Kier molecular flexibility index (Phi) is 4.64. The monoisotopic (exact) mass is 265 g/mol. The van der Waals surface area contributed by atoms with Gasteiger partial charge in [0.05, 0.1) is 3.79 Å². The van der Waals surface area contributed by atoms with Gasteiger partial charge in [-0.25, -0.2) is 0 Å². The summed E-state index contributed by atoms with van der Waals surface area (Å²) in [4.78, 5) is 1.41. The van der Waals surface area contributed by atoms with Gasteiger partial charge in [0, 0.05) is 22.4 Å². The van der Waals surface area contributed by atoms with E-state index in [1.165, 1.54) is 8.66 Å². The topological polar surface area (TPSA) is 26.0 Å². The summed E-state index contributed by atoms with van der Waals surface area (Å²) in [6.45, 7) is 2.92. The highest BCUT2D eigenvalue weighted by molar-refractivity contribution is 9.11.